The molecular weight excluding hydrogens is 394 g/mol. The first-order valence-electron chi connectivity index (χ1n) is 10.9. The van der Waals surface area contributed by atoms with E-state index in [1.807, 2.05) is 6.92 Å². The Bertz CT molecular complexity index is 1170. The first kappa shape index (κ1) is 18.4. The molecule has 3 aliphatic heterocycles. The Hall–Kier alpha value is -2.38. The molecule has 3 aromatic rings. The van der Waals surface area contributed by atoms with Crippen molar-refractivity contribution in [3.8, 4) is 0 Å². The van der Waals surface area contributed by atoms with E-state index in [1.165, 1.54) is 6.42 Å². The summed E-state index contributed by atoms with van der Waals surface area (Å²) in [5.74, 6) is 1.10. The van der Waals surface area contributed by atoms with Crippen molar-refractivity contribution in [1.29, 1.82) is 0 Å². The average molecular weight is 422 g/mol. The van der Waals surface area contributed by atoms with Gasteiger partial charge in [-0.15, -0.1) is 11.3 Å². The number of pyridine rings is 1. The molecule has 3 aliphatic rings. The van der Waals surface area contributed by atoms with Crippen LogP contribution in [0.1, 0.15) is 36.9 Å². The van der Waals surface area contributed by atoms with E-state index in [2.05, 4.69) is 58.5 Å². The van der Waals surface area contributed by atoms with Gasteiger partial charge in [-0.1, -0.05) is 0 Å². The van der Waals surface area contributed by atoms with Crippen LogP contribution in [0.4, 0.5) is 11.5 Å². The van der Waals surface area contributed by atoms with Crippen LogP contribution in [0.25, 0.3) is 21.0 Å². The van der Waals surface area contributed by atoms with Gasteiger partial charge in [-0.2, -0.15) is 0 Å². The van der Waals surface area contributed by atoms with Crippen LogP contribution in [-0.2, 0) is 0 Å². The summed E-state index contributed by atoms with van der Waals surface area (Å²) in [6.07, 6.45) is 1.24. The van der Waals surface area contributed by atoms with Crippen LogP contribution in [0, 0.1) is 0 Å². The molecule has 30 heavy (non-hydrogen) atoms. The van der Waals surface area contributed by atoms with Gasteiger partial charge in [-0.25, -0.2) is 4.98 Å². The number of fused-ring (bicyclic) bond motifs is 7. The SMILES string of the molecule is CC(C)N1C[C@@H]2C[C@H]1CN2c1ccc2c(ccc3sc4c(c32)NC[C@@H](C)NC4=O)n1. The quantitative estimate of drug-likeness (QED) is 0.661. The van der Waals surface area contributed by atoms with Crippen molar-refractivity contribution in [1.82, 2.24) is 15.2 Å². The first-order valence-corrected chi connectivity index (χ1v) is 11.7. The molecule has 156 valence electrons. The van der Waals surface area contributed by atoms with Crippen LogP contribution < -0.4 is 15.5 Å². The Morgan fingerprint density at radius 1 is 1.17 bits per heavy atom. The zero-order chi connectivity index (χ0) is 20.6. The molecule has 2 N–H and O–H groups in total. The fraction of sp³-hybridized carbons (Fsp3) is 0.478. The van der Waals surface area contributed by atoms with Gasteiger partial charge in [0.1, 0.15) is 10.7 Å². The predicted octanol–water partition coefficient (Wildman–Crippen LogP) is 3.66. The second-order valence-electron chi connectivity index (χ2n) is 9.22. The minimum Gasteiger partial charge on any atom is -0.381 e. The number of aromatic nitrogens is 1. The van der Waals surface area contributed by atoms with Gasteiger partial charge in [-0.3, -0.25) is 9.69 Å². The zero-order valence-electron chi connectivity index (χ0n) is 17.6. The fourth-order valence-electron chi connectivity index (χ4n) is 5.49. The lowest BCUT2D eigenvalue weighted by atomic mass is 10.1. The molecule has 2 fully saturated rings. The summed E-state index contributed by atoms with van der Waals surface area (Å²) in [5, 5.41) is 8.82. The molecule has 0 spiro atoms. The minimum atomic E-state index is 0.0178. The number of anilines is 2. The van der Waals surface area contributed by atoms with E-state index in [9.17, 15) is 4.79 Å². The average Bonchev–Trinajstić information content (AvgIpc) is 3.41. The third-order valence-corrected chi connectivity index (χ3v) is 8.07. The van der Waals surface area contributed by atoms with Gasteiger partial charge in [0.25, 0.3) is 5.91 Å². The number of nitrogens with zero attached hydrogens (tertiary/aromatic N) is 3. The summed E-state index contributed by atoms with van der Waals surface area (Å²) in [4.78, 5) is 23.6. The lowest BCUT2D eigenvalue weighted by molar-refractivity contribution is 0.0949. The maximum atomic E-state index is 12.6. The Balaban J connectivity index is 1.41. The molecular formula is C23H27N5OS. The molecule has 2 aromatic heterocycles. The Kier molecular flexibility index (Phi) is 4.02. The molecule has 3 atom stereocenters. The van der Waals surface area contributed by atoms with E-state index in [-0.39, 0.29) is 11.9 Å². The number of hydrogen-bond donors (Lipinski definition) is 2. The number of nitrogens with one attached hydrogen (secondary N) is 2. The highest BCUT2D eigenvalue weighted by Gasteiger charge is 2.44. The van der Waals surface area contributed by atoms with Crippen LogP contribution in [0.3, 0.4) is 0 Å². The second kappa shape index (κ2) is 6.56. The lowest BCUT2D eigenvalue weighted by Crippen LogP contribution is -2.49. The number of likely N-dealkylation sites (tertiary alicyclic amines) is 1. The van der Waals surface area contributed by atoms with Crippen LogP contribution in [-0.4, -0.2) is 59.6 Å². The van der Waals surface area contributed by atoms with Gasteiger partial charge in [-0.05, 0) is 51.5 Å². The number of rotatable bonds is 2. The molecule has 0 saturated carbocycles. The Morgan fingerprint density at radius 3 is 2.80 bits per heavy atom. The van der Waals surface area contributed by atoms with Crippen molar-refractivity contribution in [3.05, 3.63) is 29.1 Å². The Morgan fingerprint density at radius 2 is 2.03 bits per heavy atom. The molecule has 0 aliphatic carbocycles. The van der Waals surface area contributed by atoms with Crippen LogP contribution in [0.5, 0.6) is 0 Å². The molecule has 2 saturated heterocycles. The number of carbonyl (C=O) groups excluding carboxylic acids is 1. The molecule has 7 heteroatoms. The monoisotopic (exact) mass is 421 g/mol. The third kappa shape index (κ3) is 2.65. The highest BCUT2D eigenvalue weighted by Crippen LogP contribution is 2.42. The summed E-state index contributed by atoms with van der Waals surface area (Å²) in [6, 6.07) is 10.5. The lowest BCUT2D eigenvalue weighted by Gasteiger charge is -2.37. The number of hydrogen-bond acceptors (Lipinski definition) is 6. The predicted molar refractivity (Wildman–Crippen MR) is 124 cm³/mol. The molecule has 6 nitrogen and oxygen atoms in total. The summed E-state index contributed by atoms with van der Waals surface area (Å²) in [6.45, 7) is 9.55. The van der Waals surface area contributed by atoms with Gasteiger partial charge in [0.15, 0.2) is 0 Å². The van der Waals surface area contributed by atoms with Crippen molar-refractivity contribution in [2.24, 2.45) is 0 Å². The topological polar surface area (TPSA) is 60.5 Å². The van der Waals surface area contributed by atoms with Gasteiger partial charge in [0.05, 0.1) is 11.2 Å². The Labute approximate surface area is 180 Å². The van der Waals surface area contributed by atoms with Crippen LogP contribution in [0.2, 0.25) is 0 Å². The van der Waals surface area contributed by atoms with Gasteiger partial charge >= 0.3 is 0 Å². The first-order chi connectivity index (χ1) is 14.5. The number of benzene rings is 1. The van der Waals surface area contributed by atoms with Gasteiger partial charge in [0, 0.05) is 59.3 Å². The second-order valence-corrected chi connectivity index (χ2v) is 10.3. The van der Waals surface area contributed by atoms with E-state index in [4.69, 9.17) is 4.98 Å². The number of carbonyl (C=O) groups is 1. The van der Waals surface area contributed by atoms with Gasteiger partial charge in [0.2, 0.25) is 0 Å². The molecule has 1 aromatic carbocycles. The standard InChI is InChI=1S/C23H27N5OS/c1-12(2)27-10-15-8-14(27)11-28(15)19-7-4-16-17(26-19)5-6-18-20(16)21-22(30-18)23(29)25-13(3)9-24-21/h4-7,12-15,24H,8-11H2,1-3H3,(H,25,29)/t13-,14+,15+/m1/s1. The number of piperazine rings is 1. The maximum Gasteiger partial charge on any atom is 0.263 e. The molecule has 6 rings (SSSR count). The molecule has 0 radical (unpaired) electrons. The minimum absolute atomic E-state index is 0.0178. The largest absolute Gasteiger partial charge is 0.381 e. The highest BCUT2D eigenvalue weighted by atomic mass is 32.1. The third-order valence-electron chi connectivity index (χ3n) is 6.92. The van der Waals surface area contributed by atoms with E-state index < -0.39 is 0 Å². The van der Waals surface area contributed by atoms with Crippen molar-refractivity contribution in [2.75, 3.05) is 29.9 Å². The van der Waals surface area contributed by atoms with E-state index >= 15 is 0 Å². The van der Waals surface area contributed by atoms with Crippen molar-refractivity contribution in [3.63, 3.8) is 0 Å². The summed E-state index contributed by atoms with van der Waals surface area (Å²) >= 11 is 1.56. The van der Waals surface area contributed by atoms with E-state index in [0.717, 1.165) is 57.0 Å². The molecule has 2 bridgehead atoms. The maximum absolute atomic E-state index is 12.6. The molecule has 1 amide bonds. The molecule has 0 unspecified atom stereocenters. The zero-order valence-corrected chi connectivity index (χ0v) is 18.4. The number of amides is 1. The number of thiophene rings is 1. The summed E-state index contributed by atoms with van der Waals surface area (Å²) in [7, 11) is 0. The van der Waals surface area contributed by atoms with Crippen LogP contribution in [0.15, 0.2) is 24.3 Å². The fourth-order valence-corrected chi connectivity index (χ4v) is 6.58. The smallest absolute Gasteiger partial charge is 0.263 e. The summed E-state index contributed by atoms with van der Waals surface area (Å²) < 4.78 is 1.13. The molecule has 5 heterocycles. The highest BCUT2D eigenvalue weighted by molar-refractivity contribution is 7.21. The van der Waals surface area contributed by atoms with Crippen LogP contribution >= 0.6 is 11.3 Å². The van der Waals surface area contributed by atoms with Crippen molar-refractivity contribution in [2.45, 2.75) is 51.4 Å². The van der Waals surface area contributed by atoms with Crippen molar-refractivity contribution >= 4 is 49.7 Å². The van der Waals surface area contributed by atoms with E-state index in [0.29, 0.717) is 18.1 Å². The summed E-state index contributed by atoms with van der Waals surface area (Å²) in [5.41, 5.74) is 1.97. The normalized spacial score (nSPS) is 26.3. The van der Waals surface area contributed by atoms with E-state index in [1.54, 1.807) is 11.3 Å². The van der Waals surface area contributed by atoms with Crippen molar-refractivity contribution < 1.29 is 4.79 Å². The van der Waals surface area contributed by atoms with Gasteiger partial charge < -0.3 is 15.5 Å².